The van der Waals surface area contributed by atoms with E-state index in [1.165, 1.54) is 0 Å². The first kappa shape index (κ1) is 13.2. The van der Waals surface area contributed by atoms with Crippen LogP contribution in [0.3, 0.4) is 0 Å². The van der Waals surface area contributed by atoms with E-state index in [-0.39, 0.29) is 0 Å². The standard InChI is InChI=1S/C18H14O3/c1-20-18-9-7-14(17-10-8-15(12-19)21-17)11-16(18)13-5-3-2-4-6-13/h2-12H,1H3. The Hall–Kier alpha value is -2.81. The van der Waals surface area contributed by atoms with Crippen LogP contribution in [0.25, 0.3) is 22.5 Å². The number of carbonyl (C=O) groups excluding carboxylic acids is 1. The number of rotatable bonds is 4. The maximum Gasteiger partial charge on any atom is 0.185 e. The highest BCUT2D eigenvalue weighted by Crippen LogP contribution is 2.34. The Morgan fingerprint density at radius 3 is 2.43 bits per heavy atom. The molecule has 0 bridgehead atoms. The van der Waals surface area contributed by atoms with Crippen LogP contribution in [0.15, 0.2) is 65.1 Å². The lowest BCUT2D eigenvalue weighted by atomic mass is 10.0. The quantitative estimate of drug-likeness (QED) is 0.662. The maximum atomic E-state index is 10.7. The first-order chi connectivity index (χ1) is 10.3. The predicted molar refractivity (Wildman–Crippen MR) is 81.5 cm³/mol. The van der Waals surface area contributed by atoms with Crippen molar-refractivity contribution < 1.29 is 13.9 Å². The van der Waals surface area contributed by atoms with Crippen molar-refractivity contribution in [3.63, 3.8) is 0 Å². The van der Waals surface area contributed by atoms with Gasteiger partial charge in [0.15, 0.2) is 12.0 Å². The van der Waals surface area contributed by atoms with Crippen LogP contribution in [0.5, 0.6) is 5.75 Å². The second kappa shape index (κ2) is 5.67. The molecule has 0 saturated carbocycles. The molecule has 0 atom stereocenters. The van der Waals surface area contributed by atoms with Gasteiger partial charge in [-0.2, -0.15) is 0 Å². The summed E-state index contributed by atoms with van der Waals surface area (Å²) in [4.78, 5) is 10.7. The Bertz CT molecular complexity index is 757. The lowest BCUT2D eigenvalue weighted by Gasteiger charge is -2.10. The molecule has 0 saturated heterocycles. The molecule has 0 fully saturated rings. The number of aldehydes is 1. The van der Waals surface area contributed by atoms with Gasteiger partial charge in [-0.05, 0) is 35.9 Å². The van der Waals surface area contributed by atoms with Gasteiger partial charge in [-0.3, -0.25) is 4.79 Å². The minimum Gasteiger partial charge on any atom is -0.496 e. The van der Waals surface area contributed by atoms with Crippen LogP contribution < -0.4 is 4.74 Å². The van der Waals surface area contributed by atoms with Gasteiger partial charge in [-0.25, -0.2) is 0 Å². The molecule has 0 unspecified atom stereocenters. The van der Waals surface area contributed by atoms with Crippen LogP contribution in [-0.2, 0) is 0 Å². The Morgan fingerprint density at radius 2 is 1.76 bits per heavy atom. The summed E-state index contributed by atoms with van der Waals surface area (Å²) < 4.78 is 10.9. The third-order valence-electron chi connectivity index (χ3n) is 3.31. The first-order valence-corrected chi connectivity index (χ1v) is 6.60. The van der Waals surface area contributed by atoms with Gasteiger partial charge in [0.1, 0.15) is 11.5 Å². The van der Waals surface area contributed by atoms with Crippen LogP contribution in [0.2, 0.25) is 0 Å². The summed E-state index contributed by atoms with van der Waals surface area (Å²) in [6, 6.07) is 19.3. The van der Waals surface area contributed by atoms with E-state index in [2.05, 4.69) is 0 Å². The average Bonchev–Trinajstić information content (AvgIpc) is 3.04. The van der Waals surface area contributed by atoms with Crippen molar-refractivity contribution in [3.8, 4) is 28.2 Å². The zero-order valence-corrected chi connectivity index (χ0v) is 11.6. The summed E-state index contributed by atoms with van der Waals surface area (Å²) in [6.45, 7) is 0. The number of hydrogen-bond donors (Lipinski definition) is 0. The highest BCUT2D eigenvalue weighted by molar-refractivity contribution is 5.77. The minimum absolute atomic E-state index is 0.321. The van der Waals surface area contributed by atoms with E-state index in [9.17, 15) is 4.79 Å². The fourth-order valence-corrected chi connectivity index (χ4v) is 2.28. The molecule has 0 aliphatic rings. The molecule has 1 aromatic heterocycles. The molecule has 0 spiro atoms. The van der Waals surface area contributed by atoms with E-state index < -0.39 is 0 Å². The first-order valence-electron chi connectivity index (χ1n) is 6.60. The molecule has 2 aromatic carbocycles. The van der Waals surface area contributed by atoms with Crippen molar-refractivity contribution in [2.75, 3.05) is 7.11 Å². The smallest absolute Gasteiger partial charge is 0.185 e. The van der Waals surface area contributed by atoms with Gasteiger partial charge in [-0.1, -0.05) is 30.3 Å². The molecular weight excluding hydrogens is 264 g/mol. The lowest BCUT2D eigenvalue weighted by Crippen LogP contribution is -1.88. The Kier molecular flexibility index (Phi) is 3.56. The fourth-order valence-electron chi connectivity index (χ4n) is 2.28. The molecule has 0 aliphatic carbocycles. The van der Waals surface area contributed by atoms with Gasteiger partial charge in [0.25, 0.3) is 0 Å². The molecule has 0 radical (unpaired) electrons. The molecule has 3 rings (SSSR count). The summed E-state index contributed by atoms with van der Waals surface area (Å²) in [7, 11) is 1.65. The average molecular weight is 278 g/mol. The maximum absolute atomic E-state index is 10.7. The van der Waals surface area contributed by atoms with Gasteiger partial charge in [0.2, 0.25) is 0 Å². The number of carbonyl (C=O) groups is 1. The van der Waals surface area contributed by atoms with Gasteiger partial charge in [0.05, 0.1) is 7.11 Å². The number of ether oxygens (including phenoxy) is 1. The van der Waals surface area contributed by atoms with E-state index >= 15 is 0 Å². The van der Waals surface area contributed by atoms with Crippen LogP contribution in [0, 0.1) is 0 Å². The largest absolute Gasteiger partial charge is 0.496 e. The van der Waals surface area contributed by atoms with Crippen LogP contribution in [0.1, 0.15) is 10.6 Å². The summed E-state index contributed by atoms with van der Waals surface area (Å²) in [5.41, 5.74) is 2.96. The number of methoxy groups -OCH3 is 1. The van der Waals surface area contributed by atoms with E-state index in [0.717, 1.165) is 22.4 Å². The van der Waals surface area contributed by atoms with Crippen LogP contribution >= 0.6 is 0 Å². The summed E-state index contributed by atoms with van der Waals surface area (Å²) >= 11 is 0. The zero-order chi connectivity index (χ0) is 14.7. The van der Waals surface area contributed by atoms with E-state index in [4.69, 9.17) is 9.15 Å². The number of furan rings is 1. The summed E-state index contributed by atoms with van der Waals surface area (Å²) in [5, 5.41) is 0. The third kappa shape index (κ3) is 2.58. The van der Waals surface area contributed by atoms with Gasteiger partial charge in [-0.15, -0.1) is 0 Å². The van der Waals surface area contributed by atoms with Gasteiger partial charge in [0, 0.05) is 11.1 Å². The highest BCUT2D eigenvalue weighted by Gasteiger charge is 2.10. The molecule has 3 heteroatoms. The summed E-state index contributed by atoms with van der Waals surface area (Å²) in [6.07, 6.45) is 0.700. The Morgan fingerprint density at radius 1 is 0.952 bits per heavy atom. The Balaban J connectivity index is 2.10. The number of benzene rings is 2. The van der Waals surface area contributed by atoms with Crippen molar-refractivity contribution in [2.24, 2.45) is 0 Å². The SMILES string of the molecule is COc1ccc(-c2ccc(C=O)o2)cc1-c1ccccc1. The molecule has 1 heterocycles. The molecule has 3 aromatic rings. The lowest BCUT2D eigenvalue weighted by molar-refractivity contribution is 0.110. The van der Waals surface area contributed by atoms with Gasteiger partial charge >= 0.3 is 0 Å². The molecule has 21 heavy (non-hydrogen) atoms. The van der Waals surface area contributed by atoms with Crippen molar-refractivity contribution in [2.45, 2.75) is 0 Å². The monoisotopic (exact) mass is 278 g/mol. The molecular formula is C18H14O3. The normalized spacial score (nSPS) is 10.3. The van der Waals surface area contributed by atoms with Crippen molar-refractivity contribution in [1.82, 2.24) is 0 Å². The van der Waals surface area contributed by atoms with E-state index in [0.29, 0.717) is 17.8 Å². The van der Waals surface area contributed by atoms with Crippen LogP contribution in [-0.4, -0.2) is 13.4 Å². The number of hydrogen-bond acceptors (Lipinski definition) is 3. The van der Waals surface area contributed by atoms with E-state index in [1.807, 2.05) is 48.5 Å². The highest BCUT2D eigenvalue weighted by atomic mass is 16.5. The van der Waals surface area contributed by atoms with Crippen molar-refractivity contribution in [3.05, 3.63) is 66.4 Å². The Labute approximate surface area is 122 Å². The molecule has 0 aliphatic heterocycles. The molecule has 3 nitrogen and oxygen atoms in total. The third-order valence-corrected chi connectivity index (χ3v) is 3.31. The molecule has 104 valence electrons. The topological polar surface area (TPSA) is 39.4 Å². The predicted octanol–water partition coefficient (Wildman–Crippen LogP) is 4.43. The molecule has 0 amide bonds. The fraction of sp³-hybridized carbons (Fsp3) is 0.0556. The van der Waals surface area contributed by atoms with Crippen molar-refractivity contribution >= 4 is 6.29 Å². The van der Waals surface area contributed by atoms with Crippen molar-refractivity contribution in [1.29, 1.82) is 0 Å². The van der Waals surface area contributed by atoms with Gasteiger partial charge < -0.3 is 9.15 Å². The molecule has 0 N–H and O–H groups in total. The van der Waals surface area contributed by atoms with E-state index in [1.54, 1.807) is 19.2 Å². The summed E-state index contributed by atoms with van der Waals surface area (Å²) in [5.74, 6) is 1.78. The second-order valence-electron chi connectivity index (χ2n) is 4.60. The van der Waals surface area contributed by atoms with Crippen LogP contribution in [0.4, 0.5) is 0 Å². The zero-order valence-electron chi connectivity index (χ0n) is 11.6. The second-order valence-corrected chi connectivity index (χ2v) is 4.60. The minimum atomic E-state index is 0.321.